The maximum atomic E-state index is 11.1. The Morgan fingerprint density at radius 1 is 1.26 bits per heavy atom. The highest BCUT2D eigenvalue weighted by atomic mass is 79.9. The highest BCUT2D eigenvalue weighted by Gasteiger charge is 2.14. The number of carboxylic acids is 1. The molecule has 0 saturated carbocycles. The van der Waals surface area contributed by atoms with Gasteiger partial charge in [-0.25, -0.2) is 4.79 Å². The lowest BCUT2D eigenvalue weighted by Crippen LogP contribution is -2.20. The van der Waals surface area contributed by atoms with Gasteiger partial charge in [-0.1, -0.05) is 11.6 Å². The summed E-state index contributed by atoms with van der Waals surface area (Å²) >= 11 is 9.52. The third-order valence-electron chi connectivity index (χ3n) is 3.42. The van der Waals surface area contributed by atoms with Crippen molar-refractivity contribution in [1.82, 2.24) is 0 Å². The Morgan fingerprint density at radius 2 is 2.00 bits per heavy atom. The van der Waals surface area contributed by atoms with E-state index in [0.29, 0.717) is 39.8 Å². The molecule has 7 nitrogen and oxygen atoms in total. The van der Waals surface area contributed by atoms with Crippen molar-refractivity contribution in [1.29, 1.82) is 0 Å². The molecule has 0 spiro atoms. The predicted octanol–water partition coefficient (Wildman–Crippen LogP) is 3.68. The molecule has 0 aliphatic rings. The van der Waals surface area contributed by atoms with E-state index in [-0.39, 0.29) is 12.2 Å². The molecule has 27 heavy (non-hydrogen) atoms. The molecule has 0 heterocycles. The number of hydrogen-bond acceptors (Lipinski definition) is 5. The molecule has 4 N–H and O–H groups in total. The Morgan fingerprint density at radius 3 is 2.63 bits per heavy atom. The van der Waals surface area contributed by atoms with E-state index < -0.39 is 11.9 Å². The molecule has 0 atom stereocenters. The van der Waals surface area contributed by atoms with Gasteiger partial charge in [-0.2, -0.15) is 0 Å². The van der Waals surface area contributed by atoms with Crippen molar-refractivity contribution < 1.29 is 24.2 Å². The normalized spacial score (nSPS) is 10.3. The number of ether oxygens (including phenoxy) is 2. The predicted molar refractivity (Wildman–Crippen MR) is 106 cm³/mol. The van der Waals surface area contributed by atoms with Gasteiger partial charge in [0.2, 0.25) is 0 Å². The van der Waals surface area contributed by atoms with Crippen LogP contribution in [-0.4, -0.2) is 30.2 Å². The van der Waals surface area contributed by atoms with Crippen LogP contribution in [0, 0.1) is 0 Å². The molecule has 9 heteroatoms. The summed E-state index contributed by atoms with van der Waals surface area (Å²) in [5, 5.41) is 12.6. The zero-order valence-corrected chi connectivity index (χ0v) is 16.8. The van der Waals surface area contributed by atoms with E-state index in [1.807, 2.05) is 6.92 Å². The van der Waals surface area contributed by atoms with Gasteiger partial charge in [-0.05, 0) is 58.7 Å². The number of anilines is 1. The van der Waals surface area contributed by atoms with E-state index in [1.165, 1.54) is 18.2 Å². The van der Waals surface area contributed by atoms with Crippen LogP contribution in [0.4, 0.5) is 5.69 Å². The van der Waals surface area contributed by atoms with Gasteiger partial charge >= 0.3 is 5.97 Å². The molecule has 0 bridgehead atoms. The van der Waals surface area contributed by atoms with Crippen LogP contribution < -0.4 is 20.5 Å². The lowest BCUT2D eigenvalue weighted by molar-refractivity contribution is -0.119. The fourth-order valence-corrected chi connectivity index (χ4v) is 3.05. The van der Waals surface area contributed by atoms with Gasteiger partial charge in [0, 0.05) is 6.54 Å². The summed E-state index contributed by atoms with van der Waals surface area (Å²) in [6, 6.07) is 7.97. The molecule has 0 fully saturated rings. The number of hydrogen-bond donors (Lipinski definition) is 3. The monoisotopic (exact) mass is 456 g/mol. The molecule has 0 aromatic heterocycles. The minimum Gasteiger partial charge on any atom is -0.490 e. The molecular weight excluding hydrogens is 440 g/mol. The van der Waals surface area contributed by atoms with Crippen molar-refractivity contribution in [3.63, 3.8) is 0 Å². The second kappa shape index (κ2) is 9.48. The number of nitrogens with two attached hydrogens (primary N) is 1. The average Bonchev–Trinajstić information content (AvgIpc) is 2.60. The molecule has 2 aromatic rings. The number of carbonyl (C=O) groups excluding carboxylic acids is 1. The summed E-state index contributed by atoms with van der Waals surface area (Å²) < 4.78 is 11.6. The van der Waals surface area contributed by atoms with E-state index in [0.717, 1.165) is 5.56 Å². The van der Waals surface area contributed by atoms with E-state index in [9.17, 15) is 9.59 Å². The topological polar surface area (TPSA) is 111 Å². The van der Waals surface area contributed by atoms with E-state index in [1.54, 1.807) is 12.1 Å². The summed E-state index contributed by atoms with van der Waals surface area (Å²) in [6.45, 7) is 2.32. The first-order valence-corrected chi connectivity index (χ1v) is 9.12. The average molecular weight is 458 g/mol. The fourth-order valence-electron chi connectivity index (χ4n) is 2.26. The van der Waals surface area contributed by atoms with Gasteiger partial charge in [0.25, 0.3) is 5.91 Å². The number of primary amides is 1. The van der Waals surface area contributed by atoms with Gasteiger partial charge in [-0.3, -0.25) is 4.79 Å². The minimum absolute atomic E-state index is 0.133. The summed E-state index contributed by atoms with van der Waals surface area (Å²) in [4.78, 5) is 22.1. The Labute approximate surface area is 169 Å². The van der Waals surface area contributed by atoms with E-state index >= 15 is 0 Å². The first-order valence-electron chi connectivity index (χ1n) is 7.94. The molecule has 1 amide bonds. The summed E-state index contributed by atoms with van der Waals surface area (Å²) in [7, 11) is 0. The number of aromatic carboxylic acids is 1. The third kappa shape index (κ3) is 5.77. The third-order valence-corrected chi connectivity index (χ3v) is 4.34. The van der Waals surface area contributed by atoms with Crippen molar-refractivity contribution >= 4 is 45.1 Å². The number of amides is 1. The zero-order valence-electron chi connectivity index (χ0n) is 14.4. The first-order chi connectivity index (χ1) is 12.8. The number of halogens is 2. The van der Waals surface area contributed by atoms with Crippen molar-refractivity contribution in [3.8, 4) is 11.5 Å². The fraction of sp³-hybridized carbons (Fsp3) is 0.222. The second-order valence-corrected chi connectivity index (χ2v) is 6.71. The summed E-state index contributed by atoms with van der Waals surface area (Å²) in [5.74, 6) is -0.796. The van der Waals surface area contributed by atoms with Gasteiger partial charge in [0.15, 0.2) is 18.1 Å². The van der Waals surface area contributed by atoms with Crippen LogP contribution in [0.2, 0.25) is 5.02 Å². The lowest BCUT2D eigenvalue weighted by Gasteiger charge is -2.16. The van der Waals surface area contributed by atoms with Crippen LogP contribution in [0.3, 0.4) is 0 Å². The number of rotatable bonds is 9. The quantitative estimate of drug-likeness (QED) is 0.530. The van der Waals surface area contributed by atoms with E-state index in [4.69, 9.17) is 31.9 Å². The SMILES string of the molecule is CCOc1cc(CNc2cc(C(=O)O)ccc2Cl)cc(Br)c1OCC(N)=O. The molecule has 0 aliphatic heterocycles. The summed E-state index contributed by atoms with van der Waals surface area (Å²) in [6.07, 6.45) is 0. The van der Waals surface area contributed by atoms with Gasteiger partial charge < -0.3 is 25.6 Å². The lowest BCUT2D eigenvalue weighted by atomic mass is 10.1. The van der Waals surface area contributed by atoms with Crippen molar-refractivity contribution in [2.45, 2.75) is 13.5 Å². The highest BCUT2D eigenvalue weighted by Crippen LogP contribution is 2.37. The largest absolute Gasteiger partial charge is 0.490 e. The standard InChI is InChI=1S/C18H18BrClN2O5/c1-2-26-15-6-10(5-12(19)17(15)27-9-16(21)23)8-22-14-7-11(18(24)25)3-4-13(14)20/h3-7,22H,2,8-9H2,1H3,(H2,21,23)(H,24,25). The number of benzene rings is 2. The smallest absolute Gasteiger partial charge is 0.335 e. The molecule has 2 rings (SSSR count). The number of carbonyl (C=O) groups is 2. The molecule has 0 unspecified atom stereocenters. The molecular formula is C18H18BrClN2O5. The second-order valence-electron chi connectivity index (χ2n) is 5.45. The number of nitrogens with one attached hydrogen (secondary N) is 1. The number of carboxylic acid groups (broad SMARTS) is 1. The van der Waals surface area contributed by atoms with Crippen LogP contribution in [0.25, 0.3) is 0 Å². The van der Waals surface area contributed by atoms with Crippen LogP contribution in [-0.2, 0) is 11.3 Å². The van der Waals surface area contributed by atoms with Crippen LogP contribution in [0.15, 0.2) is 34.8 Å². The molecule has 0 saturated heterocycles. The Balaban J connectivity index is 2.23. The zero-order chi connectivity index (χ0) is 20.0. The van der Waals surface area contributed by atoms with Gasteiger partial charge in [0.05, 0.1) is 27.4 Å². The Bertz CT molecular complexity index is 860. The van der Waals surface area contributed by atoms with Crippen molar-refractivity contribution in [3.05, 3.63) is 51.0 Å². The molecule has 144 valence electrons. The Hall–Kier alpha value is -2.45. The maximum Gasteiger partial charge on any atom is 0.335 e. The first kappa shape index (κ1) is 20.9. The molecule has 0 aliphatic carbocycles. The van der Waals surface area contributed by atoms with E-state index in [2.05, 4.69) is 21.2 Å². The Kier molecular flexibility index (Phi) is 7.32. The van der Waals surface area contributed by atoms with Gasteiger partial charge in [0.1, 0.15) is 0 Å². The highest BCUT2D eigenvalue weighted by molar-refractivity contribution is 9.10. The minimum atomic E-state index is -1.04. The van der Waals surface area contributed by atoms with Crippen LogP contribution in [0.5, 0.6) is 11.5 Å². The molecule has 0 radical (unpaired) electrons. The van der Waals surface area contributed by atoms with Crippen LogP contribution >= 0.6 is 27.5 Å². The maximum absolute atomic E-state index is 11.1. The van der Waals surface area contributed by atoms with Gasteiger partial charge in [-0.15, -0.1) is 0 Å². The summed E-state index contributed by atoms with van der Waals surface area (Å²) in [5.41, 5.74) is 6.58. The van der Waals surface area contributed by atoms with Crippen molar-refractivity contribution in [2.75, 3.05) is 18.5 Å². The van der Waals surface area contributed by atoms with Crippen molar-refractivity contribution in [2.24, 2.45) is 5.73 Å². The molecule has 2 aromatic carbocycles. The van der Waals surface area contributed by atoms with Crippen LogP contribution in [0.1, 0.15) is 22.8 Å².